The number of imidazole rings is 1. The highest BCUT2D eigenvalue weighted by molar-refractivity contribution is 7.10. The first-order valence-electron chi connectivity index (χ1n) is 7.51. The van der Waals surface area contributed by atoms with Crippen LogP contribution in [0.2, 0.25) is 0 Å². The second-order valence-corrected chi connectivity index (χ2v) is 6.77. The van der Waals surface area contributed by atoms with Crippen molar-refractivity contribution in [2.75, 3.05) is 0 Å². The normalized spacial score (nSPS) is 11.2. The lowest BCUT2D eigenvalue weighted by atomic mass is 10.1. The van der Waals surface area contributed by atoms with Gasteiger partial charge in [0.2, 0.25) is 0 Å². The molecule has 0 fully saturated rings. The lowest BCUT2D eigenvalue weighted by Crippen LogP contribution is -2.23. The highest BCUT2D eigenvalue weighted by Gasteiger charge is 2.14. The van der Waals surface area contributed by atoms with E-state index in [9.17, 15) is 4.79 Å². The molecule has 0 radical (unpaired) electrons. The van der Waals surface area contributed by atoms with E-state index in [0.717, 1.165) is 22.3 Å². The van der Waals surface area contributed by atoms with Gasteiger partial charge in [-0.1, -0.05) is 0 Å². The molecule has 0 spiro atoms. The van der Waals surface area contributed by atoms with Crippen LogP contribution in [0.25, 0.3) is 22.3 Å². The summed E-state index contributed by atoms with van der Waals surface area (Å²) in [5.41, 5.74) is 4.22. The van der Waals surface area contributed by atoms with Crippen LogP contribution in [0.3, 0.4) is 0 Å². The molecule has 0 saturated heterocycles. The number of hydrogen-bond donors (Lipinski definition) is 0. The Hall–Kier alpha value is -2.80. The number of thiophene rings is 1. The van der Waals surface area contributed by atoms with Crippen molar-refractivity contribution in [1.82, 2.24) is 24.3 Å². The molecule has 4 aromatic heterocycles. The summed E-state index contributed by atoms with van der Waals surface area (Å²) < 4.78 is 3.25. The zero-order chi connectivity index (χ0) is 16.7. The summed E-state index contributed by atoms with van der Waals surface area (Å²) in [5.74, 6) is 0. The molecule has 0 aromatic carbocycles. The van der Waals surface area contributed by atoms with E-state index in [0.29, 0.717) is 12.2 Å². The van der Waals surface area contributed by atoms with Crippen LogP contribution in [0.1, 0.15) is 10.6 Å². The maximum Gasteiger partial charge on any atom is 0.330 e. The van der Waals surface area contributed by atoms with E-state index in [1.165, 1.54) is 4.88 Å². The smallest absolute Gasteiger partial charge is 0.284 e. The minimum absolute atomic E-state index is 0.109. The fourth-order valence-corrected chi connectivity index (χ4v) is 3.47. The average Bonchev–Trinajstić information content (AvgIpc) is 3.13. The van der Waals surface area contributed by atoms with E-state index in [4.69, 9.17) is 0 Å². The van der Waals surface area contributed by atoms with Gasteiger partial charge in [-0.05, 0) is 42.1 Å². The fraction of sp³-hybridized carbons (Fsp3) is 0.176. The van der Waals surface area contributed by atoms with Gasteiger partial charge in [0.15, 0.2) is 5.65 Å². The highest BCUT2D eigenvalue weighted by Crippen LogP contribution is 2.26. The first-order chi connectivity index (χ1) is 11.6. The Morgan fingerprint density at radius 1 is 1.25 bits per heavy atom. The molecule has 0 aliphatic carbocycles. The van der Waals surface area contributed by atoms with Gasteiger partial charge >= 0.3 is 5.69 Å². The van der Waals surface area contributed by atoms with E-state index in [-0.39, 0.29) is 5.69 Å². The highest BCUT2D eigenvalue weighted by atomic mass is 32.1. The monoisotopic (exact) mass is 337 g/mol. The predicted molar refractivity (Wildman–Crippen MR) is 94.2 cm³/mol. The summed E-state index contributed by atoms with van der Waals surface area (Å²) in [6.07, 6.45) is 3.43. The SMILES string of the molecule is Cc1cc(-c2cnc3c(c2)n(Cc2cccnn2)c(=O)n3C)cs1. The van der Waals surface area contributed by atoms with Crippen LogP contribution < -0.4 is 5.69 Å². The largest absolute Gasteiger partial charge is 0.330 e. The number of rotatable bonds is 3. The van der Waals surface area contributed by atoms with Gasteiger partial charge in [0, 0.05) is 29.9 Å². The molecule has 6 nitrogen and oxygen atoms in total. The summed E-state index contributed by atoms with van der Waals surface area (Å²) in [6.45, 7) is 2.45. The molecule has 4 aromatic rings. The Bertz CT molecular complexity index is 1080. The number of hydrogen-bond acceptors (Lipinski definition) is 5. The lowest BCUT2D eigenvalue weighted by Gasteiger charge is -2.03. The Morgan fingerprint density at radius 2 is 2.12 bits per heavy atom. The van der Waals surface area contributed by atoms with Gasteiger partial charge in [-0.3, -0.25) is 9.13 Å². The van der Waals surface area contributed by atoms with E-state index in [1.807, 2.05) is 24.4 Å². The second-order valence-electron chi connectivity index (χ2n) is 5.66. The third-order valence-corrected chi connectivity index (χ3v) is 4.85. The molecule has 0 N–H and O–H groups in total. The molecule has 0 aliphatic rings. The van der Waals surface area contributed by atoms with Crippen molar-refractivity contribution in [2.45, 2.75) is 13.5 Å². The number of aryl methyl sites for hydroxylation is 2. The maximum absolute atomic E-state index is 12.6. The van der Waals surface area contributed by atoms with Crippen LogP contribution in [0, 0.1) is 6.92 Å². The quantitative estimate of drug-likeness (QED) is 0.576. The van der Waals surface area contributed by atoms with E-state index < -0.39 is 0 Å². The van der Waals surface area contributed by atoms with Gasteiger partial charge in [0.05, 0.1) is 17.8 Å². The average molecular weight is 337 g/mol. The standard InChI is InChI=1S/C17H15N5OS/c1-11-6-13(10-24-11)12-7-15-16(18-8-12)21(2)17(23)22(15)9-14-4-3-5-19-20-14/h3-8,10H,9H2,1-2H3. The van der Waals surface area contributed by atoms with Crippen LogP contribution in [0.5, 0.6) is 0 Å². The van der Waals surface area contributed by atoms with Crippen LogP contribution in [0.4, 0.5) is 0 Å². The summed E-state index contributed by atoms with van der Waals surface area (Å²) in [6, 6.07) is 7.82. The first kappa shape index (κ1) is 14.8. The van der Waals surface area contributed by atoms with Gasteiger partial charge in [0.1, 0.15) is 0 Å². The Morgan fingerprint density at radius 3 is 2.83 bits per heavy atom. The number of pyridine rings is 1. The van der Waals surface area contributed by atoms with Gasteiger partial charge in [-0.2, -0.15) is 10.2 Å². The van der Waals surface area contributed by atoms with E-state index in [1.54, 1.807) is 33.7 Å². The summed E-state index contributed by atoms with van der Waals surface area (Å²) in [7, 11) is 1.74. The molecule has 24 heavy (non-hydrogen) atoms. The van der Waals surface area contributed by atoms with E-state index >= 15 is 0 Å². The summed E-state index contributed by atoms with van der Waals surface area (Å²) >= 11 is 1.70. The van der Waals surface area contributed by atoms with Crippen LogP contribution in [-0.4, -0.2) is 24.3 Å². The molecule has 0 unspecified atom stereocenters. The molecule has 120 valence electrons. The van der Waals surface area contributed by atoms with Gasteiger partial charge in [-0.25, -0.2) is 9.78 Å². The Labute approximate surface area is 142 Å². The van der Waals surface area contributed by atoms with Crippen LogP contribution in [-0.2, 0) is 13.6 Å². The summed E-state index contributed by atoms with van der Waals surface area (Å²) in [4.78, 5) is 18.3. The molecule has 0 bridgehead atoms. The molecule has 0 saturated carbocycles. The van der Waals surface area contributed by atoms with Crippen molar-refractivity contribution in [3.8, 4) is 11.1 Å². The molecular weight excluding hydrogens is 322 g/mol. The van der Waals surface area contributed by atoms with Crippen molar-refractivity contribution in [3.05, 3.63) is 63.1 Å². The second kappa shape index (κ2) is 5.68. The Kier molecular flexibility index (Phi) is 3.50. The molecule has 4 rings (SSSR count). The zero-order valence-electron chi connectivity index (χ0n) is 13.3. The third kappa shape index (κ3) is 2.43. The number of aromatic nitrogens is 5. The van der Waals surface area contributed by atoms with Gasteiger partial charge < -0.3 is 0 Å². The van der Waals surface area contributed by atoms with Crippen LogP contribution in [0.15, 0.2) is 46.8 Å². The van der Waals surface area contributed by atoms with Gasteiger partial charge in [0.25, 0.3) is 0 Å². The van der Waals surface area contributed by atoms with Gasteiger partial charge in [-0.15, -0.1) is 11.3 Å². The molecule has 0 amide bonds. The Balaban J connectivity index is 1.89. The molecule has 0 aliphatic heterocycles. The molecule has 7 heteroatoms. The predicted octanol–water partition coefficient (Wildman–Crippen LogP) is 2.61. The third-order valence-electron chi connectivity index (χ3n) is 3.99. The topological polar surface area (TPSA) is 65.6 Å². The van der Waals surface area contributed by atoms with Crippen molar-refractivity contribution >= 4 is 22.5 Å². The molecule has 0 atom stereocenters. The minimum atomic E-state index is -0.109. The van der Waals surface area contributed by atoms with Crippen LogP contribution >= 0.6 is 11.3 Å². The van der Waals surface area contributed by atoms with Crippen molar-refractivity contribution in [3.63, 3.8) is 0 Å². The van der Waals surface area contributed by atoms with Crippen molar-refractivity contribution in [1.29, 1.82) is 0 Å². The zero-order valence-corrected chi connectivity index (χ0v) is 14.1. The molecular formula is C17H15N5OS. The lowest BCUT2D eigenvalue weighted by molar-refractivity contribution is 0.710. The number of nitrogens with zero attached hydrogens (tertiary/aromatic N) is 5. The first-order valence-corrected chi connectivity index (χ1v) is 8.39. The number of fused-ring (bicyclic) bond motifs is 1. The maximum atomic E-state index is 12.6. The minimum Gasteiger partial charge on any atom is -0.284 e. The summed E-state index contributed by atoms with van der Waals surface area (Å²) in [5, 5.41) is 10.1. The fourth-order valence-electron chi connectivity index (χ4n) is 2.76. The van der Waals surface area contributed by atoms with E-state index in [2.05, 4.69) is 33.6 Å². The van der Waals surface area contributed by atoms with Crippen molar-refractivity contribution < 1.29 is 0 Å². The van der Waals surface area contributed by atoms with Crippen molar-refractivity contribution in [2.24, 2.45) is 7.05 Å². The molecule has 4 heterocycles.